The van der Waals surface area contributed by atoms with Crippen LogP contribution in [-0.2, 0) is 4.74 Å². The van der Waals surface area contributed by atoms with Gasteiger partial charge in [0.05, 0.1) is 6.10 Å². The van der Waals surface area contributed by atoms with Gasteiger partial charge in [0, 0.05) is 13.2 Å². The zero-order chi connectivity index (χ0) is 11.1. The second-order valence-electron chi connectivity index (χ2n) is 4.52. The molecule has 0 aromatic rings. The lowest BCUT2D eigenvalue weighted by Crippen LogP contribution is -2.46. The third-order valence-electron chi connectivity index (χ3n) is 2.97. The Balaban J connectivity index is 4.34. The monoisotopic (exact) mass is 201 g/mol. The van der Waals surface area contributed by atoms with Gasteiger partial charge in [-0.15, -0.1) is 0 Å². The Morgan fingerprint density at radius 2 is 1.79 bits per heavy atom. The van der Waals surface area contributed by atoms with Crippen molar-refractivity contribution in [1.29, 1.82) is 0 Å². The van der Waals surface area contributed by atoms with Crippen LogP contribution in [0.1, 0.15) is 40.5 Å². The summed E-state index contributed by atoms with van der Waals surface area (Å²) in [5.74, 6) is 1.24. The SMILES string of the molecule is CCCC(C)C(NC)C(OC)C(C)C. The lowest BCUT2D eigenvalue weighted by atomic mass is 9.87. The second-order valence-corrected chi connectivity index (χ2v) is 4.52. The molecule has 0 aliphatic carbocycles. The Kier molecular flexibility index (Phi) is 7.20. The molecule has 0 saturated heterocycles. The smallest absolute Gasteiger partial charge is 0.0749 e. The molecule has 0 rings (SSSR count). The molecule has 0 saturated carbocycles. The number of rotatable bonds is 7. The lowest BCUT2D eigenvalue weighted by molar-refractivity contribution is 0.0182. The summed E-state index contributed by atoms with van der Waals surface area (Å²) in [6, 6.07) is 0.472. The third kappa shape index (κ3) is 3.97. The third-order valence-corrected chi connectivity index (χ3v) is 2.97. The molecule has 0 aromatic heterocycles. The van der Waals surface area contributed by atoms with E-state index in [4.69, 9.17) is 4.74 Å². The van der Waals surface area contributed by atoms with E-state index in [9.17, 15) is 0 Å². The zero-order valence-corrected chi connectivity index (χ0v) is 10.6. The molecular weight excluding hydrogens is 174 g/mol. The van der Waals surface area contributed by atoms with Crippen LogP contribution >= 0.6 is 0 Å². The van der Waals surface area contributed by atoms with Crippen molar-refractivity contribution in [2.24, 2.45) is 11.8 Å². The average Bonchev–Trinajstić information content (AvgIpc) is 2.13. The summed E-state index contributed by atoms with van der Waals surface area (Å²) < 4.78 is 5.57. The Hall–Kier alpha value is -0.0800. The molecule has 0 amide bonds. The second kappa shape index (κ2) is 7.24. The predicted octanol–water partition coefficient (Wildman–Crippen LogP) is 2.68. The standard InChI is InChI=1S/C12H27NO/c1-7-8-10(4)11(13-5)12(14-6)9(2)3/h9-13H,7-8H2,1-6H3. The molecule has 3 atom stereocenters. The Labute approximate surface area is 89.4 Å². The van der Waals surface area contributed by atoms with Gasteiger partial charge in [-0.25, -0.2) is 0 Å². The fraction of sp³-hybridized carbons (Fsp3) is 1.00. The quantitative estimate of drug-likeness (QED) is 0.684. The zero-order valence-electron chi connectivity index (χ0n) is 10.6. The van der Waals surface area contributed by atoms with Crippen molar-refractivity contribution >= 4 is 0 Å². The van der Waals surface area contributed by atoms with Crippen LogP contribution < -0.4 is 5.32 Å². The van der Waals surface area contributed by atoms with Gasteiger partial charge in [-0.2, -0.15) is 0 Å². The van der Waals surface area contributed by atoms with Crippen molar-refractivity contribution < 1.29 is 4.74 Å². The molecule has 14 heavy (non-hydrogen) atoms. The van der Waals surface area contributed by atoms with Crippen molar-refractivity contribution in [3.05, 3.63) is 0 Å². The van der Waals surface area contributed by atoms with Crippen LogP contribution in [0.25, 0.3) is 0 Å². The lowest BCUT2D eigenvalue weighted by Gasteiger charge is -2.33. The highest BCUT2D eigenvalue weighted by Crippen LogP contribution is 2.20. The highest BCUT2D eigenvalue weighted by atomic mass is 16.5. The molecule has 0 aromatic carbocycles. The van der Waals surface area contributed by atoms with E-state index in [1.54, 1.807) is 0 Å². The van der Waals surface area contributed by atoms with Gasteiger partial charge in [-0.3, -0.25) is 0 Å². The van der Waals surface area contributed by atoms with Crippen LogP contribution in [-0.4, -0.2) is 26.3 Å². The molecule has 86 valence electrons. The number of hydrogen-bond donors (Lipinski definition) is 1. The summed E-state index contributed by atoms with van der Waals surface area (Å²) in [5, 5.41) is 3.39. The van der Waals surface area contributed by atoms with E-state index in [0.29, 0.717) is 24.0 Å². The van der Waals surface area contributed by atoms with Crippen LogP contribution in [0.15, 0.2) is 0 Å². The van der Waals surface area contributed by atoms with Crippen molar-refractivity contribution in [2.75, 3.05) is 14.2 Å². The van der Waals surface area contributed by atoms with Gasteiger partial charge in [0.15, 0.2) is 0 Å². The highest BCUT2D eigenvalue weighted by molar-refractivity contribution is 4.82. The first-order valence-electron chi connectivity index (χ1n) is 5.78. The Morgan fingerprint density at radius 3 is 2.07 bits per heavy atom. The van der Waals surface area contributed by atoms with E-state index in [1.807, 2.05) is 14.2 Å². The van der Waals surface area contributed by atoms with Gasteiger partial charge in [0.25, 0.3) is 0 Å². The summed E-state index contributed by atoms with van der Waals surface area (Å²) >= 11 is 0. The predicted molar refractivity (Wildman–Crippen MR) is 62.6 cm³/mol. The fourth-order valence-electron chi connectivity index (χ4n) is 2.24. The highest BCUT2D eigenvalue weighted by Gasteiger charge is 2.27. The van der Waals surface area contributed by atoms with Crippen LogP contribution in [0, 0.1) is 11.8 Å². The molecule has 0 bridgehead atoms. The van der Waals surface area contributed by atoms with Crippen molar-refractivity contribution in [3.8, 4) is 0 Å². The van der Waals surface area contributed by atoms with Crippen LogP contribution in [0.5, 0.6) is 0 Å². The van der Waals surface area contributed by atoms with Gasteiger partial charge in [-0.1, -0.05) is 34.1 Å². The minimum Gasteiger partial charge on any atom is -0.380 e. The summed E-state index contributed by atoms with van der Waals surface area (Å²) in [5.41, 5.74) is 0. The molecule has 2 heteroatoms. The largest absolute Gasteiger partial charge is 0.380 e. The Bertz CT molecular complexity index is 136. The fourth-order valence-corrected chi connectivity index (χ4v) is 2.24. The van der Waals surface area contributed by atoms with Gasteiger partial charge < -0.3 is 10.1 Å². The average molecular weight is 201 g/mol. The van der Waals surface area contributed by atoms with Crippen molar-refractivity contribution in [2.45, 2.75) is 52.7 Å². The molecule has 0 fully saturated rings. The maximum atomic E-state index is 5.57. The molecule has 0 spiro atoms. The normalized spacial score (nSPS) is 18.2. The van der Waals surface area contributed by atoms with Gasteiger partial charge in [0.2, 0.25) is 0 Å². The molecule has 1 N–H and O–H groups in total. The Morgan fingerprint density at radius 1 is 1.21 bits per heavy atom. The van der Waals surface area contributed by atoms with Gasteiger partial charge in [0.1, 0.15) is 0 Å². The maximum Gasteiger partial charge on any atom is 0.0749 e. The molecule has 0 aliphatic rings. The topological polar surface area (TPSA) is 21.3 Å². The van der Waals surface area contributed by atoms with E-state index in [2.05, 4.69) is 33.0 Å². The first-order valence-corrected chi connectivity index (χ1v) is 5.78. The van der Waals surface area contributed by atoms with E-state index in [0.717, 1.165) is 0 Å². The molecule has 0 radical (unpaired) electrons. The number of methoxy groups -OCH3 is 1. The molecule has 3 unspecified atom stereocenters. The number of likely N-dealkylation sites (N-methyl/N-ethyl adjacent to an activating group) is 1. The van der Waals surface area contributed by atoms with Crippen molar-refractivity contribution in [3.63, 3.8) is 0 Å². The first-order chi connectivity index (χ1) is 6.58. The van der Waals surface area contributed by atoms with Gasteiger partial charge >= 0.3 is 0 Å². The van der Waals surface area contributed by atoms with E-state index < -0.39 is 0 Å². The number of hydrogen-bond acceptors (Lipinski definition) is 2. The molecule has 2 nitrogen and oxygen atoms in total. The molecule has 0 heterocycles. The van der Waals surface area contributed by atoms with Crippen LogP contribution in [0.4, 0.5) is 0 Å². The van der Waals surface area contributed by atoms with Gasteiger partial charge in [-0.05, 0) is 25.3 Å². The molecular formula is C12H27NO. The summed E-state index contributed by atoms with van der Waals surface area (Å²) in [4.78, 5) is 0. The van der Waals surface area contributed by atoms with E-state index in [-0.39, 0.29) is 0 Å². The minimum absolute atomic E-state index is 0.321. The minimum atomic E-state index is 0.321. The molecule has 0 aliphatic heterocycles. The summed E-state index contributed by atoms with van der Waals surface area (Å²) in [6.07, 6.45) is 2.83. The maximum absolute atomic E-state index is 5.57. The number of nitrogens with one attached hydrogen (secondary N) is 1. The van der Waals surface area contributed by atoms with Crippen molar-refractivity contribution in [1.82, 2.24) is 5.32 Å². The van der Waals surface area contributed by atoms with Crippen LogP contribution in [0.2, 0.25) is 0 Å². The van der Waals surface area contributed by atoms with Crippen LogP contribution in [0.3, 0.4) is 0 Å². The summed E-state index contributed by atoms with van der Waals surface area (Å²) in [7, 11) is 3.85. The first kappa shape index (κ1) is 13.9. The number of ether oxygens (including phenoxy) is 1. The summed E-state index contributed by atoms with van der Waals surface area (Å²) in [6.45, 7) is 8.98. The van der Waals surface area contributed by atoms with E-state index >= 15 is 0 Å². The van der Waals surface area contributed by atoms with E-state index in [1.165, 1.54) is 12.8 Å².